The fraction of sp³-hybridized carbons (Fsp3) is 0.714. The highest BCUT2D eigenvalue weighted by atomic mass is 16.6. The first-order valence-corrected chi connectivity index (χ1v) is 11.5. The Kier molecular flexibility index (Phi) is 17.0. The van der Waals surface area contributed by atoms with Gasteiger partial charge in [0.2, 0.25) is 17.8 Å². The van der Waals surface area contributed by atoms with E-state index in [2.05, 4.69) is 30.9 Å². The molecule has 1 aromatic rings. The number of methoxy groups -OCH3 is 3. The molecule has 36 heavy (non-hydrogen) atoms. The largest absolute Gasteiger partial charge is 0.449 e. The number of hydrogen-bond acceptors (Lipinski definition) is 12. The summed E-state index contributed by atoms with van der Waals surface area (Å²) in [4.78, 5) is 48.0. The third-order valence-electron chi connectivity index (χ3n) is 4.20. The molecule has 0 saturated carbocycles. The Bertz CT molecular complexity index is 672. The van der Waals surface area contributed by atoms with Crippen molar-refractivity contribution in [3.63, 3.8) is 0 Å². The molecule has 0 aliphatic rings. The van der Waals surface area contributed by atoms with Gasteiger partial charge in [-0.2, -0.15) is 15.0 Å². The van der Waals surface area contributed by atoms with Gasteiger partial charge in [0, 0.05) is 41.2 Å². The topological polar surface area (TPSA) is 181 Å². The van der Waals surface area contributed by atoms with Gasteiger partial charge in [-0.05, 0) is 38.5 Å². The van der Waals surface area contributed by atoms with E-state index in [9.17, 15) is 14.4 Å². The Balaban J connectivity index is 2.73. The minimum absolute atomic E-state index is 0.154. The monoisotopic (exact) mass is 516 g/mol. The summed E-state index contributed by atoms with van der Waals surface area (Å²) < 4.78 is 30.0. The van der Waals surface area contributed by atoms with Crippen LogP contribution >= 0.6 is 0 Å². The van der Waals surface area contributed by atoms with Crippen molar-refractivity contribution >= 4 is 36.1 Å². The number of unbranched alkanes of at least 4 members (excludes halogenated alkanes) is 3. The van der Waals surface area contributed by atoms with Crippen molar-refractivity contribution < 1.29 is 42.8 Å². The number of carbonyl (C=O) groups is 3. The van der Waals surface area contributed by atoms with Gasteiger partial charge in [0.1, 0.15) is 0 Å². The molecular weight excluding hydrogens is 480 g/mol. The van der Waals surface area contributed by atoms with E-state index < -0.39 is 18.3 Å². The van der Waals surface area contributed by atoms with Crippen molar-refractivity contribution in [3.8, 4) is 0 Å². The lowest BCUT2D eigenvalue weighted by Crippen LogP contribution is -2.22. The summed E-state index contributed by atoms with van der Waals surface area (Å²) in [7, 11) is 4.75. The second kappa shape index (κ2) is 19.9. The van der Waals surface area contributed by atoms with Crippen molar-refractivity contribution in [2.45, 2.75) is 38.5 Å². The van der Waals surface area contributed by atoms with Crippen molar-refractivity contribution in [2.75, 3.05) is 76.9 Å². The predicted octanol–water partition coefficient (Wildman–Crippen LogP) is 2.80. The van der Waals surface area contributed by atoms with Gasteiger partial charge in [0.05, 0.1) is 19.8 Å². The van der Waals surface area contributed by atoms with Crippen molar-refractivity contribution in [3.05, 3.63) is 0 Å². The van der Waals surface area contributed by atoms with Crippen LogP contribution < -0.4 is 16.0 Å². The maximum atomic E-state index is 12.1. The molecule has 0 unspecified atom stereocenters. The number of rotatable bonds is 18. The van der Waals surface area contributed by atoms with E-state index in [1.165, 1.54) is 0 Å². The van der Waals surface area contributed by atoms with Crippen LogP contribution in [0.3, 0.4) is 0 Å². The SMILES string of the molecule is COCCCCOC(=O)Nc1nc(NC(=O)OCCCCOC)nc(NC(=O)OCCCCOC)n1. The molecule has 0 bridgehead atoms. The molecule has 0 saturated heterocycles. The summed E-state index contributed by atoms with van der Waals surface area (Å²) >= 11 is 0. The number of nitrogens with one attached hydrogen (secondary N) is 3. The minimum atomic E-state index is -0.822. The standard InChI is InChI=1S/C21H36N6O9/c1-31-10-4-7-13-34-19(28)25-16-22-17(26-20(29)35-14-8-5-11-32-2)24-18(23-16)27-21(30)36-15-9-6-12-33-3/h4-15H2,1-3H3,(H3,22,23,24,25,26,27,28,29,30). The number of nitrogens with zero attached hydrogens (tertiary/aromatic N) is 3. The van der Waals surface area contributed by atoms with Crippen LogP contribution in [0.1, 0.15) is 38.5 Å². The molecule has 0 aliphatic heterocycles. The molecule has 0 fully saturated rings. The van der Waals surface area contributed by atoms with Crippen LogP contribution in [0.4, 0.5) is 32.2 Å². The highest BCUT2D eigenvalue weighted by molar-refractivity contribution is 5.86. The molecule has 0 atom stereocenters. The average Bonchev–Trinajstić information content (AvgIpc) is 2.83. The zero-order valence-electron chi connectivity index (χ0n) is 21.0. The zero-order valence-corrected chi connectivity index (χ0v) is 21.0. The molecule has 0 radical (unpaired) electrons. The first kappa shape index (κ1) is 30.7. The number of amides is 3. The lowest BCUT2D eigenvalue weighted by atomic mass is 10.3. The van der Waals surface area contributed by atoms with Gasteiger partial charge < -0.3 is 28.4 Å². The third kappa shape index (κ3) is 15.6. The number of anilines is 3. The number of hydrogen-bond donors (Lipinski definition) is 3. The normalized spacial score (nSPS) is 10.4. The van der Waals surface area contributed by atoms with Crippen LogP contribution in [0.2, 0.25) is 0 Å². The Hall–Kier alpha value is -3.30. The number of aromatic nitrogens is 3. The molecule has 0 aromatic carbocycles. The summed E-state index contributed by atoms with van der Waals surface area (Å²) in [5, 5.41) is 6.98. The summed E-state index contributed by atoms with van der Waals surface area (Å²) in [6, 6.07) is 0. The lowest BCUT2D eigenvalue weighted by molar-refractivity contribution is 0.147. The molecule has 1 rings (SSSR count). The second-order valence-electron chi connectivity index (χ2n) is 7.19. The average molecular weight is 517 g/mol. The van der Waals surface area contributed by atoms with Crippen molar-refractivity contribution in [1.82, 2.24) is 15.0 Å². The third-order valence-corrected chi connectivity index (χ3v) is 4.20. The highest BCUT2D eigenvalue weighted by Crippen LogP contribution is 2.11. The maximum absolute atomic E-state index is 12.1. The second-order valence-corrected chi connectivity index (χ2v) is 7.19. The van der Waals surface area contributed by atoms with Gasteiger partial charge in [-0.25, -0.2) is 14.4 Å². The maximum Gasteiger partial charge on any atom is 0.414 e. The summed E-state index contributed by atoms with van der Waals surface area (Å²) in [6.07, 6.45) is 1.50. The fourth-order valence-electron chi connectivity index (χ4n) is 2.47. The summed E-state index contributed by atoms with van der Waals surface area (Å²) in [5.41, 5.74) is 0. The lowest BCUT2D eigenvalue weighted by Gasteiger charge is -2.11. The van der Waals surface area contributed by atoms with Crippen molar-refractivity contribution in [2.24, 2.45) is 0 Å². The quantitative estimate of drug-likeness (QED) is 0.192. The van der Waals surface area contributed by atoms with Crippen LogP contribution in [0.25, 0.3) is 0 Å². The van der Waals surface area contributed by atoms with E-state index in [0.717, 1.165) is 19.3 Å². The Morgan fingerprint density at radius 2 is 0.750 bits per heavy atom. The molecule has 1 aromatic heterocycles. The highest BCUT2D eigenvalue weighted by Gasteiger charge is 2.15. The molecule has 15 nitrogen and oxygen atoms in total. The molecular formula is C21H36N6O9. The molecule has 3 amide bonds. The van der Waals surface area contributed by atoms with Crippen LogP contribution in [0, 0.1) is 0 Å². The van der Waals surface area contributed by atoms with E-state index in [1.807, 2.05) is 0 Å². The smallest absolute Gasteiger partial charge is 0.414 e. The molecule has 1 heterocycles. The van der Waals surface area contributed by atoms with Crippen LogP contribution in [-0.2, 0) is 28.4 Å². The molecule has 0 aliphatic carbocycles. The van der Waals surface area contributed by atoms with Crippen molar-refractivity contribution in [1.29, 1.82) is 0 Å². The van der Waals surface area contributed by atoms with E-state index in [-0.39, 0.29) is 37.7 Å². The van der Waals surface area contributed by atoms with E-state index in [0.29, 0.717) is 39.1 Å². The minimum Gasteiger partial charge on any atom is -0.449 e. The zero-order chi connectivity index (χ0) is 26.4. The van der Waals surface area contributed by atoms with E-state index >= 15 is 0 Å². The first-order chi connectivity index (χ1) is 17.5. The molecule has 3 N–H and O–H groups in total. The van der Waals surface area contributed by atoms with Crippen LogP contribution in [0.5, 0.6) is 0 Å². The first-order valence-electron chi connectivity index (χ1n) is 11.5. The molecule has 15 heteroatoms. The van der Waals surface area contributed by atoms with E-state index in [1.54, 1.807) is 21.3 Å². The number of ether oxygens (including phenoxy) is 6. The van der Waals surface area contributed by atoms with Gasteiger partial charge in [0.25, 0.3) is 0 Å². The Morgan fingerprint density at radius 3 is 1.00 bits per heavy atom. The Labute approximate surface area is 209 Å². The fourth-order valence-corrected chi connectivity index (χ4v) is 2.47. The van der Waals surface area contributed by atoms with Crippen LogP contribution in [-0.4, -0.2) is 94.2 Å². The van der Waals surface area contributed by atoms with Gasteiger partial charge in [-0.15, -0.1) is 0 Å². The predicted molar refractivity (Wildman–Crippen MR) is 128 cm³/mol. The Morgan fingerprint density at radius 1 is 0.500 bits per heavy atom. The van der Waals surface area contributed by atoms with Gasteiger partial charge in [0.15, 0.2) is 0 Å². The molecule has 204 valence electrons. The summed E-state index contributed by atoms with van der Waals surface area (Å²) in [5.74, 6) is -0.798. The van der Waals surface area contributed by atoms with E-state index in [4.69, 9.17) is 28.4 Å². The van der Waals surface area contributed by atoms with Crippen LogP contribution in [0.15, 0.2) is 0 Å². The number of carbonyl (C=O) groups excluding carboxylic acids is 3. The van der Waals surface area contributed by atoms with Gasteiger partial charge in [-0.3, -0.25) is 16.0 Å². The molecule has 0 spiro atoms. The summed E-state index contributed by atoms with van der Waals surface area (Å²) in [6.45, 7) is 2.11. The van der Waals surface area contributed by atoms with Gasteiger partial charge in [-0.1, -0.05) is 0 Å². The van der Waals surface area contributed by atoms with Gasteiger partial charge >= 0.3 is 18.3 Å².